The lowest BCUT2D eigenvalue weighted by molar-refractivity contribution is -0.386. The molecule has 1 fully saturated rings. The van der Waals surface area contributed by atoms with E-state index in [1.165, 1.54) is 24.0 Å². The smallest absolute Gasteiger partial charge is 0.411 e. The first kappa shape index (κ1) is 32.0. The van der Waals surface area contributed by atoms with E-state index in [9.17, 15) is 19.7 Å². The molecule has 1 aliphatic rings. The molecule has 2 aromatic rings. The number of carbonyl (C=O) groups excluding carboxylic acids is 2. The molecule has 3 rings (SSSR count). The zero-order chi connectivity index (χ0) is 30.3. The van der Waals surface area contributed by atoms with Crippen molar-refractivity contribution in [1.29, 1.82) is 0 Å². The van der Waals surface area contributed by atoms with Gasteiger partial charge in [-0.1, -0.05) is 57.2 Å². The van der Waals surface area contributed by atoms with E-state index in [0.29, 0.717) is 18.5 Å². The lowest BCUT2D eigenvalue weighted by atomic mass is 9.78. The van der Waals surface area contributed by atoms with Crippen molar-refractivity contribution < 1.29 is 33.5 Å². The highest BCUT2D eigenvalue weighted by atomic mass is 16.7. The fourth-order valence-corrected chi connectivity index (χ4v) is 4.92. The van der Waals surface area contributed by atoms with Gasteiger partial charge in [-0.3, -0.25) is 19.8 Å². The van der Waals surface area contributed by atoms with E-state index in [-0.39, 0.29) is 48.3 Å². The molecule has 0 aliphatic carbocycles. The van der Waals surface area contributed by atoms with Crippen LogP contribution in [0.15, 0.2) is 48.5 Å². The Kier molecular flexibility index (Phi) is 10.9. The van der Waals surface area contributed by atoms with Crippen molar-refractivity contribution in [3.8, 4) is 5.75 Å². The standard InChI is InChI=1S/C31H42N2O8/c1-8-32(19-39-31(6,7)17-24-12-10-9-11-13-24)30(35)38-18-25-14-15-27(26(16-25)33(36)37)40-29-22(4)20(2)21(3)28(41-29)23(5)34/h9-16,20-22,28-29H,8,17-19H2,1-7H3/t20-,21?,22-,28?,29?/m0/s1. The van der Waals surface area contributed by atoms with Gasteiger partial charge < -0.3 is 18.9 Å². The summed E-state index contributed by atoms with van der Waals surface area (Å²) in [6.07, 6.45) is -1.37. The fraction of sp³-hybridized carbons (Fsp3) is 0.548. The summed E-state index contributed by atoms with van der Waals surface area (Å²) in [5, 5.41) is 11.9. The maximum absolute atomic E-state index is 12.8. The lowest BCUT2D eigenvalue weighted by Gasteiger charge is -2.42. The molecule has 1 amide bonds. The third kappa shape index (κ3) is 8.50. The van der Waals surface area contributed by atoms with Gasteiger partial charge in [0.1, 0.15) is 19.4 Å². The summed E-state index contributed by atoms with van der Waals surface area (Å²) < 4.78 is 23.4. The van der Waals surface area contributed by atoms with Gasteiger partial charge in [0.25, 0.3) is 0 Å². The molecule has 0 bridgehead atoms. The molecule has 3 unspecified atom stereocenters. The number of amides is 1. The van der Waals surface area contributed by atoms with Crippen LogP contribution in [0, 0.1) is 27.9 Å². The molecule has 0 aromatic heterocycles. The maximum atomic E-state index is 12.8. The van der Waals surface area contributed by atoms with Crippen molar-refractivity contribution >= 4 is 17.6 Å². The molecule has 0 spiro atoms. The van der Waals surface area contributed by atoms with Crippen LogP contribution < -0.4 is 4.74 Å². The molecule has 0 radical (unpaired) electrons. The zero-order valence-electron chi connectivity index (χ0n) is 25.0. The largest absolute Gasteiger partial charge is 0.457 e. The zero-order valence-corrected chi connectivity index (χ0v) is 25.0. The number of rotatable bonds is 12. The Morgan fingerprint density at radius 1 is 1.02 bits per heavy atom. The molecule has 10 nitrogen and oxygen atoms in total. The van der Waals surface area contributed by atoms with Gasteiger partial charge >= 0.3 is 11.8 Å². The van der Waals surface area contributed by atoms with Crippen LogP contribution in [-0.4, -0.2) is 53.0 Å². The van der Waals surface area contributed by atoms with Crippen molar-refractivity contribution in [2.75, 3.05) is 13.3 Å². The number of carbonyl (C=O) groups is 2. The van der Waals surface area contributed by atoms with Crippen LogP contribution in [0.4, 0.5) is 10.5 Å². The summed E-state index contributed by atoms with van der Waals surface area (Å²) in [4.78, 5) is 37.6. The average Bonchev–Trinajstić information content (AvgIpc) is 2.92. The van der Waals surface area contributed by atoms with Gasteiger partial charge in [0, 0.05) is 24.9 Å². The van der Waals surface area contributed by atoms with Crippen LogP contribution in [0.3, 0.4) is 0 Å². The van der Waals surface area contributed by atoms with E-state index in [0.717, 1.165) is 5.56 Å². The quantitative estimate of drug-likeness (QED) is 0.169. The molecule has 224 valence electrons. The second kappa shape index (κ2) is 13.9. The van der Waals surface area contributed by atoms with Gasteiger partial charge in [0.05, 0.1) is 10.5 Å². The van der Waals surface area contributed by atoms with Crippen molar-refractivity contribution in [2.45, 2.75) is 79.5 Å². The van der Waals surface area contributed by atoms with E-state index in [1.807, 2.05) is 71.9 Å². The number of ether oxygens (including phenoxy) is 4. The maximum Gasteiger partial charge on any atom is 0.411 e. The fourth-order valence-electron chi connectivity index (χ4n) is 4.92. The average molecular weight is 571 g/mol. The Balaban J connectivity index is 1.62. The third-order valence-corrected chi connectivity index (χ3v) is 7.80. The SMILES string of the molecule is CCN(COC(C)(C)Cc1ccccc1)C(=O)OCc1ccc(OC2OC(C(C)=O)C(C)[C@H](C)[C@@H]2C)c([N+](=O)[O-])c1. The Morgan fingerprint density at radius 3 is 2.32 bits per heavy atom. The first-order valence-electron chi connectivity index (χ1n) is 14.0. The summed E-state index contributed by atoms with van der Waals surface area (Å²) in [5.41, 5.74) is 0.772. The van der Waals surface area contributed by atoms with Crippen LogP contribution in [0.2, 0.25) is 0 Å². The predicted octanol–water partition coefficient (Wildman–Crippen LogP) is 6.15. The number of Topliss-reactive ketones (excluding diaryl/α,β-unsaturated/α-hetero) is 1. The second-order valence-electron chi connectivity index (χ2n) is 11.4. The van der Waals surface area contributed by atoms with Crippen LogP contribution in [0.25, 0.3) is 0 Å². The minimum atomic E-state index is -0.818. The minimum absolute atomic E-state index is 0.00239. The van der Waals surface area contributed by atoms with Gasteiger partial charge in [-0.25, -0.2) is 4.79 Å². The number of nitro benzene ring substituents is 1. The Morgan fingerprint density at radius 2 is 1.71 bits per heavy atom. The van der Waals surface area contributed by atoms with Crippen LogP contribution in [0.5, 0.6) is 5.75 Å². The van der Waals surface area contributed by atoms with Gasteiger partial charge in [-0.15, -0.1) is 0 Å². The molecule has 2 aromatic carbocycles. The topological polar surface area (TPSA) is 117 Å². The second-order valence-corrected chi connectivity index (χ2v) is 11.4. The molecule has 5 atom stereocenters. The summed E-state index contributed by atoms with van der Waals surface area (Å²) in [6.45, 7) is 13.4. The molecule has 0 saturated carbocycles. The number of benzene rings is 2. The highest BCUT2D eigenvalue weighted by Crippen LogP contribution is 2.38. The van der Waals surface area contributed by atoms with E-state index in [1.54, 1.807) is 6.07 Å². The minimum Gasteiger partial charge on any atom is -0.457 e. The third-order valence-electron chi connectivity index (χ3n) is 7.80. The summed E-state index contributed by atoms with van der Waals surface area (Å²) >= 11 is 0. The van der Waals surface area contributed by atoms with E-state index >= 15 is 0 Å². The van der Waals surface area contributed by atoms with Crippen molar-refractivity contribution in [2.24, 2.45) is 17.8 Å². The van der Waals surface area contributed by atoms with E-state index in [2.05, 4.69) is 0 Å². The number of ketones is 1. The first-order chi connectivity index (χ1) is 19.3. The number of hydrogen-bond acceptors (Lipinski definition) is 8. The normalized spacial score (nSPS) is 22.6. The molecule has 1 aliphatic heterocycles. The molecular weight excluding hydrogens is 528 g/mol. The monoisotopic (exact) mass is 570 g/mol. The van der Waals surface area contributed by atoms with Gasteiger partial charge in [0.15, 0.2) is 11.5 Å². The Labute approximate surface area is 242 Å². The van der Waals surface area contributed by atoms with Gasteiger partial charge in [-0.2, -0.15) is 0 Å². The van der Waals surface area contributed by atoms with Crippen molar-refractivity contribution in [1.82, 2.24) is 4.90 Å². The Hall–Kier alpha value is -3.50. The molecule has 1 saturated heterocycles. The predicted molar refractivity (Wildman–Crippen MR) is 153 cm³/mol. The molecule has 0 N–H and O–H groups in total. The summed E-state index contributed by atoms with van der Waals surface area (Å²) in [6, 6.07) is 14.3. The van der Waals surface area contributed by atoms with Gasteiger partial charge in [0.2, 0.25) is 6.29 Å². The molecule has 41 heavy (non-hydrogen) atoms. The van der Waals surface area contributed by atoms with Crippen molar-refractivity contribution in [3.63, 3.8) is 0 Å². The number of nitrogens with zero attached hydrogens (tertiary/aromatic N) is 2. The van der Waals surface area contributed by atoms with Crippen molar-refractivity contribution in [3.05, 3.63) is 69.8 Å². The van der Waals surface area contributed by atoms with Crippen LogP contribution >= 0.6 is 0 Å². The molecule has 10 heteroatoms. The van der Waals surface area contributed by atoms with E-state index in [4.69, 9.17) is 18.9 Å². The molecular formula is C31H42N2O8. The lowest BCUT2D eigenvalue weighted by Crippen LogP contribution is -2.49. The highest BCUT2D eigenvalue weighted by molar-refractivity contribution is 5.80. The number of hydrogen-bond donors (Lipinski definition) is 0. The van der Waals surface area contributed by atoms with Crippen LogP contribution in [-0.2, 0) is 32.0 Å². The first-order valence-corrected chi connectivity index (χ1v) is 14.0. The summed E-state index contributed by atoms with van der Waals surface area (Å²) in [5.74, 6) is -0.0778. The summed E-state index contributed by atoms with van der Waals surface area (Å²) in [7, 11) is 0. The molecule has 1 heterocycles. The Bertz CT molecular complexity index is 1200. The van der Waals surface area contributed by atoms with E-state index < -0.39 is 29.0 Å². The van der Waals surface area contributed by atoms with Gasteiger partial charge in [-0.05, 0) is 56.7 Å². The highest BCUT2D eigenvalue weighted by Gasteiger charge is 2.42. The number of nitro groups is 1. The van der Waals surface area contributed by atoms with Crippen LogP contribution in [0.1, 0.15) is 59.6 Å².